The molecular weight excluding hydrogens is 392 g/mol. The fraction of sp³-hybridized carbons (Fsp3) is 0.238. The number of methoxy groups -OCH3 is 1. The van der Waals surface area contributed by atoms with Crippen LogP contribution in [0.25, 0.3) is 10.9 Å². The Kier molecular flexibility index (Phi) is 6.41. The highest BCUT2D eigenvalue weighted by Gasteiger charge is 2.17. The first-order valence-electron chi connectivity index (χ1n) is 8.90. The second-order valence-electron chi connectivity index (χ2n) is 6.38. The highest BCUT2D eigenvalue weighted by Crippen LogP contribution is 2.29. The van der Waals surface area contributed by atoms with Gasteiger partial charge in [0.25, 0.3) is 0 Å². The molecule has 0 radical (unpaired) electrons. The number of rotatable bonds is 7. The van der Waals surface area contributed by atoms with Crippen molar-refractivity contribution in [2.75, 3.05) is 20.8 Å². The number of halogens is 1. The highest BCUT2D eigenvalue weighted by molar-refractivity contribution is 6.31. The lowest BCUT2D eigenvalue weighted by atomic mass is 10.1. The van der Waals surface area contributed by atoms with Crippen molar-refractivity contribution in [1.29, 1.82) is 5.41 Å². The van der Waals surface area contributed by atoms with Crippen molar-refractivity contribution in [3.8, 4) is 5.75 Å². The predicted molar refractivity (Wildman–Crippen MR) is 112 cm³/mol. The number of carbonyl (C=O) groups excluding carboxylic acids is 1. The third kappa shape index (κ3) is 4.36. The molecule has 1 aromatic carbocycles. The van der Waals surface area contributed by atoms with Gasteiger partial charge in [-0.15, -0.1) is 0 Å². The molecule has 0 spiro atoms. The largest absolute Gasteiger partial charge is 0.487 e. The normalized spacial score (nSPS) is 10.8. The van der Waals surface area contributed by atoms with Crippen LogP contribution in [-0.2, 0) is 11.3 Å². The first kappa shape index (κ1) is 20.7. The Morgan fingerprint density at radius 2 is 2.07 bits per heavy atom. The number of Topliss-reactive ketones (excluding diaryl/α,β-unsaturated/α-hetero) is 1. The number of nitrogens with zero attached hydrogens (tertiary/aromatic N) is 2. The van der Waals surface area contributed by atoms with Gasteiger partial charge in [-0.05, 0) is 19.1 Å². The molecule has 0 fully saturated rings. The van der Waals surface area contributed by atoms with Crippen molar-refractivity contribution < 1.29 is 14.3 Å². The standard InChI is InChI=1S/C21H21ClN4O3/c1-12-7-14(21(23)24-2)13-5-4-6-19(20(13)26-12)29-10-16-15(18(27)11-28-3)8-25-9-17(16)22/h4-9H,10-11H2,1-3H3,(H2,23,24). The molecule has 8 heteroatoms. The number of benzene rings is 1. The van der Waals surface area contributed by atoms with Crippen LogP contribution in [0.15, 0.2) is 36.7 Å². The first-order valence-corrected chi connectivity index (χ1v) is 9.28. The molecule has 3 rings (SSSR count). The molecule has 2 N–H and O–H groups in total. The van der Waals surface area contributed by atoms with E-state index in [0.717, 1.165) is 16.6 Å². The van der Waals surface area contributed by atoms with Crippen LogP contribution in [0.5, 0.6) is 5.75 Å². The Labute approximate surface area is 173 Å². The van der Waals surface area contributed by atoms with Gasteiger partial charge >= 0.3 is 0 Å². The van der Waals surface area contributed by atoms with Crippen molar-refractivity contribution in [2.24, 2.45) is 0 Å². The summed E-state index contributed by atoms with van der Waals surface area (Å²) >= 11 is 6.28. The van der Waals surface area contributed by atoms with Crippen molar-refractivity contribution in [1.82, 2.24) is 15.3 Å². The molecule has 7 nitrogen and oxygen atoms in total. The van der Waals surface area contributed by atoms with Gasteiger partial charge in [-0.25, -0.2) is 4.98 Å². The van der Waals surface area contributed by atoms with E-state index in [1.165, 1.54) is 19.5 Å². The molecule has 2 heterocycles. The zero-order valence-corrected chi connectivity index (χ0v) is 17.1. The van der Waals surface area contributed by atoms with Gasteiger partial charge in [0.1, 0.15) is 30.3 Å². The minimum absolute atomic E-state index is 0.0691. The average Bonchev–Trinajstić information content (AvgIpc) is 2.71. The first-order chi connectivity index (χ1) is 14.0. The third-order valence-electron chi connectivity index (χ3n) is 4.40. The summed E-state index contributed by atoms with van der Waals surface area (Å²) < 4.78 is 11.0. The molecule has 0 saturated heterocycles. The molecule has 0 bridgehead atoms. The Hall–Kier alpha value is -3.03. The monoisotopic (exact) mass is 412 g/mol. The zero-order chi connectivity index (χ0) is 21.0. The van der Waals surface area contributed by atoms with E-state index in [4.69, 9.17) is 26.5 Å². The van der Waals surface area contributed by atoms with E-state index in [-0.39, 0.29) is 19.0 Å². The molecule has 2 aromatic heterocycles. The van der Waals surface area contributed by atoms with Crippen LogP contribution in [0.2, 0.25) is 5.02 Å². The number of carbonyl (C=O) groups is 1. The van der Waals surface area contributed by atoms with Crippen molar-refractivity contribution in [2.45, 2.75) is 13.5 Å². The second-order valence-corrected chi connectivity index (χ2v) is 6.79. The number of hydrogen-bond donors (Lipinski definition) is 2. The number of fused-ring (bicyclic) bond motifs is 1. The number of aromatic nitrogens is 2. The number of amidine groups is 1. The second kappa shape index (κ2) is 8.98. The molecule has 150 valence electrons. The SMILES string of the molecule is CNC(=N)c1cc(C)nc2c(OCc3c(Cl)cncc3C(=O)COC)cccc12. The van der Waals surface area contributed by atoms with Crippen molar-refractivity contribution >= 4 is 34.1 Å². The fourth-order valence-electron chi connectivity index (χ4n) is 3.02. The van der Waals surface area contributed by atoms with Crippen LogP contribution in [0.1, 0.15) is 27.2 Å². The topological polar surface area (TPSA) is 97.2 Å². The Morgan fingerprint density at radius 3 is 2.79 bits per heavy atom. The van der Waals surface area contributed by atoms with Crippen LogP contribution in [0, 0.1) is 12.3 Å². The summed E-state index contributed by atoms with van der Waals surface area (Å²) in [5, 5.41) is 12.1. The van der Waals surface area contributed by atoms with Crippen LogP contribution in [-0.4, -0.2) is 42.4 Å². The average molecular weight is 413 g/mol. The Morgan fingerprint density at radius 1 is 1.28 bits per heavy atom. The van der Waals surface area contributed by atoms with E-state index in [1.807, 2.05) is 25.1 Å². The van der Waals surface area contributed by atoms with Gasteiger partial charge in [-0.3, -0.25) is 15.2 Å². The van der Waals surface area contributed by atoms with E-state index in [2.05, 4.69) is 15.3 Å². The molecule has 0 aliphatic rings. The lowest BCUT2D eigenvalue weighted by Gasteiger charge is -2.14. The Bertz CT molecular complexity index is 1080. The summed E-state index contributed by atoms with van der Waals surface area (Å²) in [6, 6.07) is 7.38. The summed E-state index contributed by atoms with van der Waals surface area (Å²) in [6.07, 6.45) is 2.94. The van der Waals surface area contributed by atoms with Crippen LogP contribution in [0.4, 0.5) is 0 Å². The van der Waals surface area contributed by atoms with Gasteiger partial charge in [0.15, 0.2) is 5.78 Å². The minimum Gasteiger partial charge on any atom is -0.487 e. The van der Waals surface area contributed by atoms with Gasteiger partial charge < -0.3 is 14.8 Å². The van der Waals surface area contributed by atoms with Gasteiger partial charge in [0, 0.05) is 54.3 Å². The fourth-order valence-corrected chi connectivity index (χ4v) is 3.23. The quantitative estimate of drug-likeness (QED) is 0.350. The van der Waals surface area contributed by atoms with E-state index in [9.17, 15) is 4.79 Å². The molecule has 0 saturated carbocycles. The number of ether oxygens (including phenoxy) is 2. The number of ketones is 1. The Balaban J connectivity index is 2.00. The maximum atomic E-state index is 12.3. The summed E-state index contributed by atoms with van der Waals surface area (Å²) in [5.74, 6) is 0.606. The zero-order valence-electron chi connectivity index (χ0n) is 16.4. The summed E-state index contributed by atoms with van der Waals surface area (Å²) in [7, 11) is 3.16. The van der Waals surface area contributed by atoms with Gasteiger partial charge in [-0.2, -0.15) is 0 Å². The molecule has 0 aliphatic carbocycles. The molecule has 0 atom stereocenters. The number of nitrogens with one attached hydrogen (secondary N) is 2. The number of hydrogen-bond acceptors (Lipinski definition) is 6. The van der Waals surface area contributed by atoms with Crippen molar-refractivity contribution in [3.63, 3.8) is 0 Å². The molecule has 0 amide bonds. The summed E-state index contributed by atoms with van der Waals surface area (Å²) in [5.41, 5.74) is 3.04. The summed E-state index contributed by atoms with van der Waals surface area (Å²) in [6.45, 7) is 1.86. The van der Waals surface area contributed by atoms with Crippen LogP contribution < -0.4 is 10.1 Å². The molecular formula is C21H21ClN4O3. The van der Waals surface area contributed by atoms with Crippen LogP contribution >= 0.6 is 11.6 Å². The van der Waals surface area contributed by atoms with E-state index < -0.39 is 0 Å². The lowest BCUT2D eigenvalue weighted by molar-refractivity contribution is 0.0845. The molecule has 29 heavy (non-hydrogen) atoms. The smallest absolute Gasteiger partial charge is 0.190 e. The van der Waals surface area contributed by atoms with E-state index in [1.54, 1.807) is 13.1 Å². The number of para-hydroxylation sites is 1. The number of pyridine rings is 2. The van der Waals surface area contributed by atoms with Gasteiger partial charge in [-0.1, -0.05) is 23.7 Å². The lowest BCUT2D eigenvalue weighted by Crippen LogP contribution is -2.18. The predicted octanol–water partition coefficient (Wildman–Crippen LogP) is 3.54. The third-order valence-corrected chi connectivity index (χ3v) is 4.73. The van der Waals surface area contributed by atoms with Crippen LogP contribution in [0.3, 0.4) is 0 Å². The van der Waals surface area contributed by atoms with Crippen molar-refractivity contribution in [3.05, 3.63) is 64.1 Å². The van der Waals surface area contributed by atoms with E-state index in [0.29, 0.717) is 33.3 Å². The maximum absolute atomic E-state index is 12.3. The van der Waals surface area contributed by atoms with Gasteiger partial charge in [0.2, 0.25) is 0 Å². The van der Waals surface area contributed by atoms with Gasteiger partial charge in [0.05, 0.1) is 5.02 Å². The highest BCUT2D eigenvalue weighted by atomic mass is 35.5. The maximum Gasteiger partial charge on any atom is 0.190 e. The minimum atomic E-state index is -0.224. The molecule has 3 aromatic rings. The van der Waals surface area contributed by atoms with E-state index >= 15 is 0 Å². The molecule has 0 aliphatic heterocycles. The number of aryl methyl sites for hydroxylation is 1. The summed E-state index contributed by atoms with van der Waals surface area (Å²) in [4.78, 5) is 20.9. The molecule has 0 unspecified atom stereocenters.